The topological polar surface area (TPSA) is 37.8 Å². The van der Waals surface area contributed by atoms with Gasteiger partial charge in [-0.25, -0.2) is 0 Å². The summed E-state index contributed by atoms with van der Waals surface area (Å²) in [4.78, 5) is 1.11. The largest absolute Gasteiger partial charge is 0.314 e. The van der Waals surface area contributed by atoms with Gasteiger partial charge in [-0.2, -0.15) is 0 Å². The molecule has 2 aromatic heterocycles. The number of thiophene rings is 1. The van der Waals surface area contributed by atoms with E-state index in [1.54, 1.807) is 22.7 Å². The lowest BCUT2D eigenvalue weighted by atomic mass is 10.4. The lowest BCUT2D eigenvalue weighted by molar-refractivity contribution is 0.677. The van der Waals surface area contributed by atoms with E-state index in [2.05, 4.69) is 15.5 Å². The number of hydrogen-bond donors (Lipinski definition) is 1. The van der Waals surface area contributed by atoms with Crippen LogP contribution in [0.15, 0.2) is 12.1 Å². The molecule has 17 heavy (non-hydrogen) atoms. The van der Waals surface area contributed by atoms with Crippen LogP contribution in [-0.4, -0.2) is 22.8 Å². The molecular weight excluding hydrogens is 274 g/mol. The van der Waals surface area contributed by atoms with Gasteiger partial charge in [0, 0.05) is 19.0 Å². The van der Waals surface area contributed by atoms with Crippen LogP contribution in [-0.2, 0) is 6.42 Å². The van der Waals surface area contributed by atoms with Crippen molar-refractivity contribution in [2.45, 2.75) is 25.3 Å². The molecule has 1 aliphatic carbocycles. The summed E-state index contributed by atoms with van der Waals surface area (Å²) in [5.41, 5.74) is 0. The maximum absolute atomic E-state index is 5.91. The predicted molar refractivity (Wildman–Crippen MR) is 73.0 cm³/mol. The molecule has 0 spiro atoms. The molecule has 0 aliphatic heterocycles. The molecule has 2 aromatic rings. The van der Waals surface area contributed by atoms with E-state index in [1.165, 1.54) is 12.8 Å². The third-order valence-electron chi connectivity index (χ3n) is 2.60. The van der Waals surface area contributed by atoms with Crippen LogP contribution in [0, 0.1) is 0 Å². The molecule has 1 N–H and O–H groups in total. The molecule has 0 saturated heterocycles. The summed E-state index contributed by atoms with van der Waals surface area (Å²) < 4.78 is 0.798. The van der Waals surface area contributed by atoms with Gasteiger partial charge in [-0.05, 0) is 25.0 Å². The Morgan fingerprint density at radius 3 is 2.88 bits per heavy atom. The molecular formula is C11H12ClN3S2. The first kappa shape index (κ1) is 11.6. The van der Waals surface area contributed by atoms with Gasteiger partial charge in [0.1, 0.15) is 5.01 Å². The van der Waals surface area contributed by atoms with E-state index in [0.717, 1.165) is 38.2 Å². The third kappa shape index (κ3) is 3.04. The first-order valence-electron chi connectivity index (χ1n) is 5.63. The van der Waals surface area contributed by atoms with Crippen molar-refractivity contribution in [1.29, 1.82) is 0 Å². The highest BCUT2D eigenvalue weighted by Crippen LogP contribution is 2.32. The molecule has 0 bridgehead atoms. The summed E-state index contributed by atoms with van der Waals surface area (Å²) in [7, 11) is 0. The lowest BCUT2D eigenvalue weighted by Gasteiger charge is -1.97. The van der Waals surface area contributed by atoms with E-state index in [1.807, 2.05) is 12.1 Å². The quantitative estimate of drug-likeness (QED) is 0.917. The predicted octanol–water partition coefficient (Wildman–Crippen LogP) is 3.21. The highest BCUT2D eigenvalue weighted by molar-refractivity contribution is 7.23. The summed E-state index contributed by atoms with van der Waals surface area (Å²) in [5, 5.41) is 14.0. The first-order valence-corrected chi connectivity index (χ1v) is 7.64. The second kappa shape index (κ2) is 5.02. The Morgan fingerprint density at radius 2 is 2.18 bits per heavy atom. The Morgan fingerprint density at radius 1 is 1.29 bits per heavy atom. The van der Waals surface area contributed by atoms with Gasteiger partial charge in [0.2, 0.25) is 0 Å². The third-order valence-corrected chi connectivity index (χ3v) is 4.98. The molecule has 2 heterocycles. The Bertz CT molecular complexity index is 504. The number of rotatable bonds is 5. The Labute approximate surface area is 113 Å². The molecule has 6 heteroatoms. The van der Waals surface area contributed by atoms with Crippen LogP contribution in [0.1, 0.15) is 17.8 Å². The molecule has 3 nitrogen and oxygen atoms in total. The van der Waals surface area contributed by atoms with Crippen molar-refractivity contribution in [3.8, 4) is 9.88 Å². The van der Waals surface area contributed by atoms with E-state index in [4.69, 9.17) is 11.6 Å². The number of aromatic nitrogens is 2. The summed E-state index contributed by atoms with van der Waals surface area (Å²) >= 11 is 9.12. The fourth-order valence-electron chi connectivity index (χ4n) is 1.55. The smallest absolute Gasteiger partial charge is 0.157 e. The SMILES string of the molecule is Clc1ccc(-c2nnc(CCNC3CC3)s2)s1. The second-order valence-corrected chi connectivity index (χ2v) is 6.86. The number of nitrogens with one attached hydrogen (secondary N) is 1. The number of hydrogen-bond acceptors (Lipinski definition) is 5. The van der Waals surface area contributed by atoms with Crippen LogP contribution in [0.5, 0.6) is 0 Å². The van der Waals surface area contributed by atoms with Crippen LogP contribution < -0.4 is 5.32 Å². The maximum Gasteiger partial charge on any atom is 0.157 e. The van der Waals surface area contributed by atoms with Crippen LogP contribution in [0.4, 0.5) is 0 Å². The van der Waals surface area contributed by atoms with Crippen molar-refractivity contribution in [3.05, 3.63) is 21.5 Å². The van der Waals surface area contributed by atoms with Crippen molar-refractivity contribution >= 4 is 34.3 Å². The zero-order valence-electron chi connectivity index (χ0n) is 9.15. The second-order valence-electron chi connectivity index (χ2n) is 4.08. The Kier molecular flexibility index (Phi) is 3.42. The van der Waals surface area contributed by atoms with Gasteiger partial charge in [0.15, 0.2) is 5.01 Å². The molecule has 1 aliphatic rings. The molecule has 3 rings (SSSR count). The minimum Gasteiger partial charge on any atom is -0.314 e. The molecule has 1 fully saturated rings. The van der Waals surface area contributed by atoms with Crippen LogP contribution in [0.25, 0.3) is 9.88 Å². The summed E-state index contributed by atoms with van der Waals surface area (Å²) in [6.07, 6.45) is 3.62. The molecule has 0 atom stereocenters. The van der Waals surface area contributed by atoms with Gasteiger partial charge >= 0.3 is 0 Å². The van der Waals surface area contributed by atoms with Crippen molar-refractivity contribution in [3.63, 3.8) is 0 Å². The minimum absolute atomic E-state index is 0.762. The van der Waals surface area contributed by atoms with E-state index < -0.39 is 0 Å². The first-order chi connectivity index (χ1) is 8.31. The van der Waals surface area contributed by atoms with E-state index in [-0.39, 0.29) is 0 Å². The highest BCUT2D eigenvalue weighted by atomic mass is 35.5. The summed E-state index contributed by atoms with van der Waals surface area (Å²) in [6.45, 7) is 1.00. The van der Waals surface area contributed by atoms with Crippen LogP contribution >= 0.6 is 34.3 Å². The van der Waals surface area contributed by atoms with E-state index in [0.29, 0.717) is 0 Å². The zero-order chi connectivity index (χ0) is 11.7. The Balaban J connectivity index is 1.61. The van der Waals surface area contributed by atoms with Crippen molar-refractivity contribution < 1.29 is 0 Å². The van der Waals surface area contributed by atoms with Crippen molar-refractivity contribution in [2.24, 2.45) is 0 Å². The molecule has 1 saturated carbocycles. The highest BCUT2D eigenvalue weighted by Gasteiger charge is 2.20. The molecule has 90 valence electrons. The fraction of sp³-hybridized carbons (Fsp3) is 0.455. The molecule has 0 aromatic carbocycles. The monoisotopic (exact) mass is 285 g/mol. The van der Waals surface area contributed by atoms with Gasteiger partial charge in [0.05, 0.1) is 9.21 Å². The van der Waals surface area contributed by atoms with Crippen LogP contribution in [0.3, 0.4) is 0 Å². The van der Waals surface area contributed by atoms with Crippen LogP contribution in [0.2, 0.25) is 4.34 Å². The number of nitrogens with zero attached hydrogens (tertiary/aromatic N) is 2. The van der Waals surface area contributed by atoms with Gasteiger partial charge in [0.25, 0.3) is 0 Å². The maximum atomic E-state index is 5.91. The molecule has 0 amide bonds. The molecule has 0 radical (unpaired) electrons. The van der Waals surface area contributed by atoms with E-state index in [9.17, 15) is 0 Å². The average Bonchev–Trinajstić information content (AvgIpc) is 2.85. The van der Waals surface area contributed by atoms with Gasteiger partial charge in [-0.3, -0.25) is 0 Å². The normalized spacial score (nSPS) is 15.4. The van der Waals surface area contributed by atoms with Gasteiger partial charge in [-0.1, -0.05) is 22.9 Å². The average molecular weight is 286 g/mol. The van der Waals surface area contributed by atoms with Gasteiger partial charge in [-0.15, -0.1) is 21.5 Å². The lowest BCUT2D eigenvalue weighted by Crippen LogP contribution is -2.19. The minimum atomic E-state index is 0.762. The Hall–Kier alpha value is -0.490. The fourth-order valence-corrected chi connectivity index (χ4v) is 3.49. The molecule has 0 unspecified atom stereocenters. The van der Waals surface area contributed by atoms with Crippen molar-refractivity contribution in [2.75, 3.05) is 6.54 Å². The number of halogens is 1. The summed E-state index contributed by atoms with van der Waals surface area (Å²) in [5.74, 6) is 0. The summed E-state index contributed by atoms with van der Waals surface area (Å²) in [6, 6.07) is 4.66. The zero-order valence-corrected chi connectivity index (χ0v) is 11.5. The van der Waals surface area contributed by atoms with Gasteiger partial charge < -0.3 is 5.32 Å². The van der Waals surface area contributed by atoms with Crippen molar-refractivity contribution in [1.82, 2.24) is 15.5 Å². The standard InChI is InChI=1S/C11H12ClN3S2/c12-9-4-3-8(16-9)11-15-14-10(17-11)5-6-13-7-1-2-7/h3-4,7,13H,1-2,5-6H2. The van der Waals surface area contributed by atoms with E-state index >= 15 is 0 Å².